The van der Waals surface area contributed by atoms with Crippen molar-refractivity contribution in [3.8, 4) is 22.8 Å². The molecule has 0 spiro atoms. The van der Waals surface area contributed by atoms with Crippen LogP contribution in [-0.2, 0) is 0 Å². The van der Waals surface area contributed by atoms with E-state index in [0.29, 0.717) is 23.6 Å². The van der Waals surface area contributed by atoms with Gasteiger partial charge >= 0.3 is 0 Å². The third kappa shape index (κ3) is 4.56. The number of hydrogen-bond donors (Lipinski definition) is 3. The van der Waals surface area contributed by atoms with Crippen molar-refractivity contribution >= 4 is 11.6 Å². The smallest absolute Gasteiger partial charge is 0.289 e. The summed E-state index contributed by atoms with van der Waals surface area (Å²) in [4.78, 5) is 12.3. The van der Waals surface area contributed by atoms with Gasteiger partial charge in [0.2, 0.25) is 0 Å². The number of aromatic hydroxyl groups is 1. The summed E-state index contributed by atoms with van der Waals surface area (Å²) in [5.41, 5.74) is 5.32. The van der Waals surface area contributed by atoms with E-state index in [1.165, 1.54) is 0 Å². The van der Waals surface area contributed by atoms with Crippen LogP contribution >= 0.6 is 0 Å². The summed E-state index contributed by atoms with van der Waals surface area (Å²) in [5, 5.41) is 20.8. The normalized spacial score (nSPS) is 11.3. The number of phenols is 1. The lowest BCUT2D eigenvalue weighted by Gasteiger charge is -2.04. The Bertz CT molecular complexity index is 977. The van der Waals surface area contributed by atoms with Crippen LogP contribution in [-0.4, -0.2) is 33.5 Å². The second-order valence-corrected chi connectivity index (χ2v) is 6.19. The fourth-order valence-electron chi connectivity index (χ4n) is 2.56. The van der Waals surface area contributed by atoms with Gasteiger partial charge in [-0.05, 0) is 55.8 Å². The number of aromatic nitrogens is 2. The third-order valence-electron chi connectivity index (χ3n) is 4.06. The lowest BCUT2D eigenvalue weighted by molar-refractivity contribution is 0.0950. The lowest BCUT2D eigenvalue weighted by atomic mass is 10.1. The van der Waals surface area contributed by atoms with E-state index in [4.69, 9.17) is 4.74 Å². The summed E-state index contributed by atoms with van der Waals surface area (Å²) in [6, 6.07) is 16.0. The predicted molar refractivity (Wildman–Crippen MR) is 108 cm³/mol. The molecule has 0 bridgehead atoms. The van der Waals surface area contributed by atoms with Crippen LogP contribution in [0, 0.1) is 0 Å². The minimum Gasteiger partial charge on any atom is -0.507 e. The molecule has 1 heterocycles. The highest BCUT2D eigenvalue weighted by Gasteiger charge is 2.11. The summed E-state index contributed by atoms with van der Waals surface area (Å²) >= 11 is 0. The molecule has 0 radical (unpaired) electrons. The van der Waals surface area contributed by atoms with Crippen LogP contribution in [0.3, 0.4) is 0 Å². The Morgan fingerprint density at radius 3 is 2.68 bits per heavy atom. The highest BCUT2D eigenvalue weighted by Crippen LogP contribution is 2.21. The number of hydrazone groups is 1. The van der Waals surface area contributed by atoms with Crippen molar-refractivity contribution in [2.24, 2.45) is 5.10 Å². The van der Waals surface area contributed by atoms with Gasteiger partial charge in [-0.2, -0.15) is 10.2 Å². The van der Waals surface area contributed by atoms with Gasteiger partial charge in [0.1, 0.15) is 17.2 Å². The van der Waals surface area contributed by atoms with E-state index >= 15 is 0 Å². The first-order valence-electron chi connectivity index (χ1n) is 9.00. The van der Waals surface area contributed by atoms with Crippen LogP contribution in [0.2, 0.25) is 0 Å². The Morgan fingerprint density at radius 1 is 1.21 bits per heavy atom. The number of rotatable bonds is 7. The number of carbonyl (C=O) groups excluding carboxylic acids is 1. The van der Waals surface area contributed by atoms with Crippen molar-refractivity contribution in [3.05, 3.63) is 65.9 Å². The largest absolute Gasteiger partial charge is 0.507 e. The van der Waals surface area contributed by atoms with E-state index in [2.05, 4.69) is 27.6 Å². The number of nitrogens with one attached hydrogen (secondary N) is 2. The predicted octanol–water partition coefficient (Wildman–Crippen LogP) is 3.73. The molecule has 0 unspecified atom stereocenters. The second-order valence-electron chi connectivity index (χ2n) is 6.19. The van der Waals surface area contributed by atoms with Gasteiger partial charge in [0, 0.05) is 11.1 Å². The van der Waals surface area contributed by atoms with Crippen LogP contribution in [0.25, 0.3) is 11.3 Å². The van der Waals surface area contributed by atoms with Gasteiger partial charge in [-0.25, -0.2) is 5.43 Å². The SMILES string of the molecule is CCCOc1ccc(-c2cc(C(=O)N/N=C(\C)c3ccccc3O)[nH]n2)cc1. The Morgan fingerprint density at radius 2 is 1.96 bits per heavy atom. The number of nitrogens with zero attached hydrogens (tertiary/aromatic N) is 2. The molecular formula is C21H22N4O3. The number of benzene rings is 2. The Labute approximate surface area is 163 Å². The molecule has 28 heavy (non-hydrogen) atoms. The van der Waals surface area contributed by atoms with E-state index in [1.807, 2.05) is 24.3 Å². The molecule has 144 valence electrons. The molecule has 3 rings (SSSR count). The number of carbonyl (C=O) groups is 1. The zero-order valence-corrected chi connectivity index (χ0v) is 15.8. The molecule has 0 saturated heterocycles. The van der Waals surface area contributed by atoms with Crippen LogP contribution in [0.4, 0.5) is 0 Å². The fraction of sp³-hybridized carbons (Fsp3) is 0.190. The van der Waals surface area contributed by atoms with Gasteiger partial charge in [0.25, 0.3) is 5.91 Å². The quantitative estimate of drug-likeness (QED) is 0.431. The number of hydrogen-bond acceptors (Lipinski definition) is 5. The molecule has 0 saturated carbocycles. The van der Waals surface area contributed by atoms with Crippen LogP contribution < -0.4 is 10.2 Å². The van der Waals surface area contributed by atoms with Crippen LogP contribution in [0.15, 0.2) is 59.7 Å². The monoisotopic (exact) mass is 378 g/mol. The van der Waals surface area contributed by atoms with E-state index in [-0.39, 0.29) is 11.4 Å². The molecule has 0 aliphatic heterocycles. The highest BCUT2D eigenvalue weighted by atomic mass is 16.5. The molecule has 0 fully saturated rings. The molecule has 1 amide bonds. The number of ether oxygens (including phenoxy) is 1. The highest BCUT2D eigenvalue weighted by molar-refractivity contribution is 6.02. The maximum absolute atomic E-state index is 12.3. The minimum atomic E-state index is -0.420. The Balaban J connectivity index is 1.67. The molecule has 3 aromatic rings. The summed E-state index contributed by atoms with van der Waals surface area (Å²) in [7, 11) is 0. The summed E-state index contributed by atoms with van der Waals surface area (Å²) in [6.45, 7) is 4.43. The van der Waals surface area contributed by atoms with Crippen LogP contribution in [0.1, 0.15) is 36.3 Å². The van der Waals surface area contributed by atoms with Gasteiger partial charge in [-0.1, -0.05) is 19.1 Å². The average molecular weight is 378 g/mol. The zero-order chi connectivity index (χ0) is 19.9. The van der Waals surface area contributed by atoms with Crippen molar-refractivity contribution in [2.75, 3.05) is 6.61 Å². The van der Waals surface area contributed by atoms with Crippen LogP contribution in [0.5, 0.6) is 11.5 Å². The molecule has 3 N–H and O–H groups in total. The summed E-state index contributed by atoms with van der Waals surface area (Å²) < 4.78 is 5.56. The summed E-state index contributed by atoms with van der Waals surface area (Å²) in [6.07, 6.45) is 0.950. The Kier molecular flexibility index (Phi) is 6.06. The standard InChI is InChI=1S/C21H22N4O3/c1-3-12-28-16-10-8-15(9-11-16)18-13-19(24-23-18)21(27)25-22-14(2)17-6-4-5-7-20(17)26/h4-11,13,26H,3,12H2,1-2H3,(H,23,24)(H,25,27)/b22-14+. The molecule has 1 aromatic heterocycles. The van der Waals surface area contributed by atoms with Gasteiger partial charge in [0.05, 0.1) is 18.0 Å². The number of aromatic amines is 1. The molecule has 7 nitrogen and oxygen atoms in total. The van der Waals surface area contributed by atoms with Gasteiger partial charge < -0.3 is 9.84 Å². The van der Waals surface area contributed by atoms with E-state index in [9.17, 15) is 9.90 Å². The third-order valence-corrected chi connectivity index (χ3v) is 4.06. The molecule has 7 heteroatoms. The number of para-hydroxylation sites is 1. The van der Waals surface area contributed by atoms with Crippen molar-refractivity contribution in [2.45, 2.75) is 20.3 Å². The fourth-order valence-corrected chi connectivity index (χ4v) is 2.56. The lowest BCUT2D eigenvalue weighted by Crippen LogP contribution is -2.19. The van der Waals surface area contributed by atoms with E-state index < -0.39 is 5.91 Å². The number of H-pyrrole nitrogens is 1. The first kappa shape index (κ1) is 19.2. The van der Waals surface area contributed by atoms with E-state index in [0.717, 1.165) is 17.7 Å². The average Bonchev–Trinajstić information content (AvgIpc) is 3.21. The molecular weight excluding hydrogens is 356 g/mol. The van der Waals surface area contributed by atoms with Crippen molar-refractivity contribution in [1.29, 1.82) is 0 Å². The molecule has 2 aromatic carbocycles. The first-order chi connectivity index (χ1) is 13.6. The van der Waals surface area contributed by atoms with E-state index in [1.54, 1.807) is 37.3 Å². The van der Waals surface area contributed by atoms with Gasteiger partial charge in [-0.3, -0.25) is 9.89 Å². The molecule has 0 aliphatic carbocycles. The number of amides is 1. The second kappa shape index (κ2) is 8.85. The molecule has 0 aliphatic rings. The minimum absolute atomic E-state index is 0.105. The maximum atomic E-state index is 12.3. The van der Waals surface area contributed by atoms with Gasteiger partial charge in [0.15, 0.2) is 0 Å². The van der Waals surface area contributed by atoms with Crippen molar-refractivity contribution < 1.29 is 14.6 Å². The molecule has 0 atom stereocenters. The van der Waals surface area contributed by atoms with Crippen molar-refractivity contribution in [3.63, 3.8) is 0 Å². The summed E-state index contributed by atoms with van der Waals surface area (Å²) in [5.74, 6) is 0.484. The Hall–Kier alpha value is -3.61. The maximum Gasteiger partial charge on any atom is 0.289 e. The topological polar surface area (TPSA) is 99.6 Å². The van der Waals surface area contributed by atoms with Crippen molar-refractivity contribution in [1.82, 2.24) is 15.6 Å². The van der Waals surface area contributed by atoms with Gasteiger partial charge in [-0.15, -0.1) is 0 Å². The first-order valence-corrected chi connectivity index (χ1v) is 9.00. The number of phenolic OH excluding ortho intramolecular Hbond substituents is 1. The zero-order valence-electron chi connectivity index (χ0n) is 15.8.